The van der Waals surface area contributed by atoms with Crippen LogP contribution in [-0.4, -0.2) is 170 Å². The highest BCUT2D eigenvalue weighted by Crippen LogP contribution is 2.27. The zero-order valence-corrected chi connectivity index (χ0v) is 18.7. The number of aliphatic hydroxyl groups excluding tert-OH is 10. The minimum atomic E-state index is -1.77. The van der Waals surface area contributed by atoms with Gasteiger partial charge in [0.05, 0.1) is 19.8 Å². The molecular weight excluding hydrogens is 484 g/mol. The van der Waals surface area contributed by atoms with Crippen LogP contribution in [0.3, 0.4) is 0 Å². The van der Waals surface area contributed by atoms with E-state index < -0.39 is 112 Å². The van der Waals surface area contributed by atoms with Crippen molar-refractivity contribution in [1.29, 1.82) is 0 Å². The van der Waals surface area contributed by atoms with Gasteiger partial charge in [-0.3, -0.25) is 0 Å². The molecule has 3 aliphatic rings. The van der Waals surface area contributed by atoms with E-state index in [1.54, 1.807) is 0 Å². The Morgan fingerprint density at radius 2 is 0.829 bits per heavy atom. The molecule has 0 aromatic carbocycles. The lowest BCUT2D eigenvalue weighted by Gasteiger charge is -2.43. The van der Waals surface area contributed by atoms with Crippen LogP contribution in [0, 0.1) is 0 Å². The highest BCUT2D eigenvalue weighted by Gasteiger charge is 2.49. The number of hydrogen-bond acceptors (Lipinski definition) is 16. The van der Waals surface area contributed by atoms with Crippen molar-refractivity contribution in [3.8, 4) is 0 Å². The Morgan fingerprint density at radius 3 is 1.23 bits per heavy atom. The van der Waals surface area contributed by atoms with Gasteiger partial charge in [0.2, 0.25) is 0 Å². The topological polar surface area (TPSA) is 258 Å². The Balaban J connectivity index is 1.59. The fourth-order valence-electron chi connectivity index (χ4n) is 4.03. The molecule has 15 atom stereocenters. The number of rotatable bonds is 8. The van der Waals surface area contributed by atoms with Gasteiger partial charge >= 0.3 is 0 Å². The Hall–Kier alpha value is -0.640. The van der Waals surface area contributed by atoms with Crippen molar-refractivity contribution >= 4 is 0 Å². The fourth-order valence-corrected chi connectivity index (χ4v) is 4.03. The number of ether oxygens (including phenoxy) is 6. The molecule has 0 spiro atoms. The number of methoxy groups -OCH3 is 1. The lowest BCUT2D eigenvalue weighted by atomic mass is 9.98. The van der Waals surface area contributed by atoms with Crippen molar-refractivity contribution in [2.75, 3.05) is 26.9 Å². The molecule has 0 aromatic heterocycles. The second-order valence-corrected chi connectivity index (χ2v) is 8.63. The second kappa shape index (κ2) is 12.3. The quantitative estimate of drug-likeness (QED) is 0.143. The zero-order valence-electron chi connectivity index (χ0n) is 18.7. The Bertz CT molecular complexity index is 600. The molecule has 10 N–H and O–H groups in total. The van der Waals surface area contributed by atoms with Crippen LogP contribution in [0.15, 0.2) is 0 Å². The zero-order chi connectivity index (χ0) is 26.0. The molecule has 3 rings (SSSR count). The highest BCUT2D eigenvalue weighted by molar-refractivity contribution is 4.93. The maximum absolute atomic E-state index is 10.3. The minimum absolute atomic E-state index is 0.490. The SMILES string of the molecule is CO[C@H]1O[C@H](CO[C@H]2O[C@H](CO[C@H]3O[C@H](CO)[C@@H](O)[C@H](O)[C@H]3O)[C@@H](O)[C@H](O)[C@H]2O)[C@@H](O)[C@H](O)[C@H]1O. The summed E-state index contributed by atoms with van der Waals surface area (Å²) in [6, 6.07) is 0. The molecule has 0 amide bonds. The average molecular weight is 518 g/mol. The summed E-state index contributed by atoms with van der Waals surface area (Å²) >= 11 is 0. The van der Waals surface area contributed by atoms with E-state index in [4.69, 9.17) is 28.4 Å². The van der Waals surface area contributed by atoms with Crippen LogP contribution in [-0.2, 0) is 28.4 Å². The van der Waals surface area contributed by atoms with E-state index >= 15 is 0 Å². The predicted octanol–water partition coefficient (Wildman–Crippen LogP) is -6.92. The maximum Gasteiger partial charge on any atom is 0.186 e. The average Bonchev–Trinajstić information content (AvgIpc) is 2.85. The van der Waals surface area contributed by atoms with Gasteiger partial charge in [0.1, 0.15) is 73.2 Å². The van der Waals surface area contributed by atoms with Gasteiger partial charge in [0.15, 0.2) is 18.9 Å². The van der Waals surface area contributed by atoms with E-state index in [1.165, 1.54) is 7.11 Å². The lowest BCUT2D eigenvalue weighted by Crippen LogP contribution is -2.62. The molecule has 3 heterocycles. The van der Waals surface area contributed by atoms with Gasteiger partial charge in [-0.15, -0.1) is 0 Å². The van der Waals surface area contributed by atoms with Crippen LogP contribution in [0.5, 0.6) is 0 Å². The van der Waals surface area contributed by atoms with Gasteiger partial charge < -0.3 is 79.5 Å². The lowest BCUT2D eigenvalue weighted by molar-refractivity contribution is -0.341. The van der Waals surface area contributed by atoms with Crippen LogP contribution >= 0.6 is 0 Å². The summed E-state index contributed by atoms with van der Waals surface area (Å²) in [5.74, 6) is 0. The van der Waals surface area contributed by atoms with Gasteiger partial charge in [-0.05, 0) is 0 Å². The third kappa shape index (κ3) is 6.10. The van der Waals surface area contributed by atoms with Gasteiger partial charge in [0, 0.05) is 7.11 Å². The van der Waals surface area contributed by atoms with E-state index in [9.17, 15) is 51.1 Å². The molecule has 0 radical (unpaired) electrons. The van der Waals surface area contributed by atoms with Gasteiger partial charge in [-0.2, -0.15) is 0 Å². The summed E-state index contributed by atoms with van der Waals surface area (Å²) in [5, 5.41) is 99.5. The third-order valence-corrected chi connectivity index (χ3v) is 6.27. The van der Waals surface area contributed by atoms with Crippen molar-refractivity contribution in [3.05, 3.63) is 0 Å². The summed E-state index contributed by atoms with van der Waals surface area (Å²) in [4.78, 5) is 0. The van der Waals surface area contributed by atoms with E-state index in [0.29, 0.717) is 0 Å². The Kier molecular flexibility index (Phi) is 10.1. The summed E-state index contributed by atoms with van der Waals surface area (Å²) in [6.45, 7) is -1.72. The van der Waals surface area contributed by atoms with E-state index in [0.717, 1.165) is 0 Å². The minimum Gasteiger partial charge on any atom is -0.394 e. The molecule has 0 aromatic rings. The van der Waals surface area contributed by atoms with Crippen molar-refractivity contribution < 1.29 is 79.5 Å². The molecule has 3 saturated heterocycles. The van der Waals surface area contributed by atoms with Crippen LogP contribution in [0.1, 0.15) is 0 Å². The summed E-state index contributed by atoms with van der Waals surface area (Å²) in [6.07, 6.45) is -23.1. The summed E-state index contributed by atoms with van der Waals surface area (Å²) < 4.78 is 31.6. The fraction of sp³-hybridized carbons (Fsp3) is 1.00. The highest BCUT2D eigenvalue weighted by atomic mass is 16.7. The molecule has 3 fully saturated rings. The van der Waals surface area contributed by atoms with E-state index in [-0.39, 0.29) is 0 Å². The van der Waals surface area contributed by atoms with E-state index in [2.05, 4.69) is 0 Å². The molecule has 3 aliphatic heterocycles. The molecule has 16 nitrogen and oxygen atoms in total. The maximum atomic E-state index is 10.3. The van der Waals surface area contributed by atoms with Gasteiger partial charge in [-0.1, -0.05) is 0 Å². The Morgan fingerprint density at radius 1 is 0.486 bits per heavy atom. The molecule has 206 valence electrons. The smallest absolute Gasteiger partial charge is 0.186 e. The molecule has 35 heavy (non-hydrogen) atoms. The van der Waals surface area contributed by atoms with Crippen LogP contribution in [0.4, 0.5) is 0 Å². The molecule has 0 aliphatic carbocycles. The predicted molar refractivity (Wildman–Crippen MR) is 106 cm³/mol. The second-order valence-electron chi connectivity index (χ2n) is 8.63. The first-order chi connectivity index (χ1) is 16.5. The molecule has 0 saturated carbocycles. The largest absolute Gasteiger partial charge is 0.394 e. The van der Waals surface area contributed by atoms with Crippen molar-refractivity contribution in [3.63, 3.8) is 0 Å². The first-order valence-electron chi connectivity index (χ1n) is 11.0. The van der Waals surface area contributed by atoms with Crippen molar-refractivity contribution in [1.82, 2.24) is 0 Å². The summed E-state index contributed by atoms with van der Waals surface area (Å²) in [5.41, 5.74) is 0. The van der Waals surface area contributed by atoms with Crippen molar-refractivity contribution in [2.45, 2.75) is 92.1 Å². The van der Waals surface area contributed by atoms with Crippen molar-refractivity contribution in [2.24, 2.45) is 0 Å². The van der Waals surface area contributed by atoms with Crippen LogP contribution < -0.4 is 0 Å². The normalized spacial score (nSPS) is 51.3. The number of aliphatic hydroxyl groups is 10. The summed E-state index contributed by atoms with van der Waals surface area (Å²) in [7, 11) is 1.21. The molecular formula is C19H34O16. The van der Waals surface area contributed by atoms with Gasteiger partial charge in [-0.25, -0.2) is 0 Å². The molecule has 0 bridgehead atoms. The monoisotopic (exact) mass is 518 g/mol. The van der Waals surface area contributed by atoms with Crippen LogP contribution in [0.2, 0.25) is 0 Å². The third-order valence-electron chi connectivity index (χ3n) is 6.27. The molecule has 16 heteroatoms. The van der Waals surface area contributed by atoms with Crippen LogP contribution in [0.25, 0.3) is 0 Å². The standard InChI is InChI=1S/C19H34O16/c1-30-17-14(27)12(25)9(22)6(34-17)3-32-19-16(29)13(26)10(23)7(35-19)4-31-18-15(28)11(24)8(21)5(2-20)33-18/h5-29H,2-4H2,1H3/t5-,6-,7-,8-,9-,10-,11+,12+,13+,14-,15-,16-,17+,18+,19+/m1/s1. The first kappa shape index (κ1) is 28.9. The molecule has 0 unspecified atom stereocenters. The van der Waals surface area contributed by atoms with Gasteiger partial charge in [0.25, 0.3) is 0 Å². The first-order valence-corrected chi connectivity index (χ1v) is 11.0. The van der Waals surface area contributed by atoms with E-state index in [1.807, 2.05) is 0 Å². The Labute approximate surface area is 199 Å². The number of hydrogen-bond donors (Lipinski definition) is 10.